The molecule has 1 amide bonds. The number of hydrogen-bond acceptors (Lipinski definition) is 3. The minimum absolute atomic E-state index is 0. The van der Waals surface area contributed by atoms with Gasteiger partial charge < -0.3 is 10.4 Å². The third-order valence-electron chi connectivity index (χ3n) is 6.71. The summed E-state index contributed by atoms with van der Waals surface area (Å²) in [5, 5.41) is 12.4. The summed E-state index contributed by atoms with van der Waals surface area (Å²) in [6.07, 6.45) is 4.00. The summed E-state index contributed by atoms with van der Waals surface area (Å²) in [4.78, 5) is 25.1. The topological polar surface area (TPSA) is 66.4 Å². The Morgan fingerprint density at radius 2 is 1.46 bits per heavy atom. The Hall–Kier alpha value is -3.23. The molecule has 0 saturated heterocycles. The second-order valence-electron chi connectivity index (χ2n) is 9.41. The average Bonchev–Trinajstić information content (AvgIpc) is 2.94. The number of amides is 1. The molecule has 0 aliphatic rings. The molecule has 4 aromatic carbocycles. The van der Waals surface area contributed by atoms with Gasteiger partial charge in [0.25, 0.3) is 5.91 Å². The van der Waals surface area contributed by atoms with Gasteiger partial charge in [-0.3, -0.25) is 4.79 Å². The molecule has 0 radical (unpaired) electrons. The zero-order valence-corrected chi connectivity index (χ0v) is 22.6. The molecule has 0 aromatic heterocycles. The van der Waals surface area contributed by atoms with Gasteiger partial charge in [-0.2, -0.15) is 11.8 Å². The number of benzene rings is 4. The molecular formula is C33H34LiNO3S. The molecule has 0 aliphatic carbocycles. The number of thioether (sulfide) groups is 1. The van der Waals surface area contributed by atoms with E-state index >= 15 is 0 Å². The van der Waals surface area contributed by atoms with Crippen LogP contribution in [0.15, 0.2) is 97.1 Å². The molecule has 39 heavy (non-hydrogen) atoms. The second-order valence-corrected chi connectivity index (χ2v) is 10.4. The normalized spacial score (nSPS) is 11.3. The first-order valence-electron chi connectivity index (χ1n) is 12.8. The Bertz CT molecular complexity index is 1410. The summed E-state index contributed by atoms with van der Waals surface area (Å²) in [6.45, 7) is 2.03. The monoisotopic (exact) mass is 531 g/mol. The fraction of sp³-hybridized carbons (Fsp3) is 0.212. The maximum atomic E-state index is 13.3. The van der Waals surface area contributed by atoms with Crippen LogP contribution in [0.1, 0.15) is 33.5 Å². The summed E-state index contributed by atoms with van der Waals surface area (Å²) >= 11 is 1.56. The molecule has 0 heterocycles. The molecule has 0 unspecified atom stereocenters. The van der Waals surface area contributed by atoms with Crippen molar-refractivity contribution in [1.29, 1.82) is 0 Å². The second kappa shape index (κ2) is 14.8. The Morgan fingerprint density at radius 1 is 0.795 bits per heavy atom. The molecule has 0 fully saturated rings. The van der Waals surface area contributed by atoms with Gasteiger partial charge in [0.15, 0.2) is 0 Å². The SMILES string of the molecule is CSCC[C@H](NC(=O)c1ccc(CCc2cccc(-c3ccccc3)c2)cc1-c1ccccc1C)C(=O)O.[LiH]. The number of hydrogen-bond donors (Lipinski definition) is 2. The Kier molecular flexibility index (Phi) is 11.5. The van der Waals surface area contributed by atoms with Crippen LogP contribution in [0.25, 0.3) is 22.3 Å². The number of aryl methyl sites for hydroxylation is 3. The fourth-order valence-corrected chi connectivity index (χ4v) is 5.07. The first-order valence-corrected chi connectivity index (χ1v) is 14.2. The van der Waals surface area contributed by atoms with Crippen molar-refractivity contribution in [3.05, 3.63) is 119 Å². The van der Waals surface area contributed by atoms with Crippen LogP contribution >= 0.6 is 11.8 Å². The van der Waals surface area contributed by atoms with E-state index < -0.39 is 12.0 Å². The Labute approximate surface area is 247 Å². The standard InChI is InChI=1S/C33H33NO3S.Li.H/c1-23-9-6-7-14-28(23)30-22-25(17-18-29(30)32(35)34-31(33(36)37)19-20-38-2)16-15-24-10-8-13-27(21-24)26-11-4-3-5-12-26;;/h3-14,17-18,21-22,31H,15-16,19-20H2,1-2H3,(H,34,35)(H,36,37);;/t31-;;/m0../s1. The van der Waals surface area contributed by atoms with E-state index in [0.717, 1.165) is 35.1 Å². The van der Waals surface area contributed by atoms with Gasteiger partial charge in [-0.05, 0) is 83.2 Å². The number of carboxylic acids is 1. The molecule has 196 valence electrons. The number of carbonyl (C=O) groups is 2. The van der Waals surface area contributed by atoms with Crippen LogP contribution in [-0.2, 0) is 17.6 Å². The van der Waals surface area contributed by atoms with Crippen molar-refractivity contribution in [3.63, 3.8) is 0 Å². The van der Waals surface area contributed by atoms with Crippen molar-refractivity contribution < 1.29 is 14.7 Å². The van der Waals surface area contributed by atoms with Gasteiger partial charge in [0.2, 0.25) is 0 Å². The zero-order chi connectivity index (χ0) is 26.9. The van der Waals surface area contributed by atoms with Crippen molar-refractivity contribution in [2.75, 3.05) is 12.0 Å². The molecule has 4 nitrogen and oxygen atoms in total. The molecule has 0 bridgehead atoms. The van der Waals surface area contributed by atoms with Crippen LogP contribution in [0.2, 0.25) is 0 Å². The molecule has 6 heteroatoms. The van der Waals surface area contributed by atoms with Crippen molar-refractivity contribution in [2.24, 2.45) is 0 Å². The molecule has 1 atom stereocenters. The summed E-state index contributed by atoms with van der Waals surface area (Å²) in [5.41, 5.74) is 8.13. The predicted octanol–water partition coefficient (Wildman–Crippen LogP) is 6.40. The average molecular weight is 532 g/mol. The van der Waals surface area contributed by atoms with Crippen molar-refractivity contribution in [2.45, 2.75) is 32.2 Å². The number of rotatable bonds is 11. The van der Waals surface area contributed by atoms with Crippen molar-refractivity contribution >= 4 is 42.5 Å². The van der Waals surface area contributed by atoms with E-state index in [0.29, 0.717) is 17.7 Å². The van der Waals surface area contributed by atoms with E-state index in [-0.39, 0.29) is 24.8 Å². The number of carbonyl (C=O) groups excluding carboxylic acids is 1. The summed E-state index contributed by atoms with van der Waals surface area (Å²) in [5.74, 6) is -0.718. The first kappa shape index (κ1) is 30.3. The van der Waals surface area contributed by atoms with Gasteiger partial charge in [0.05, 0.1) is 0 Å². The third-order valence-corrected chi connectivity index (χ3v) is 7.36. The number of nitrogens with one attached hydrogen (secondary N) is 1. The van der Waals surface area contributed by atoms with Gasteiger partial charge in [-0.25, -0.2) is 4.79 Å². The van der Waals surface area contributed by atoms with Crippen LogP contribution < -0.4 is 5.32 Å². The number of carboxylic acid groups (broad SMARTS) is 1. The van der Waals surface area contributed by atoms with Crippen LogP contribution in [0.4, 0.5) is 0 Å². The predicted molar refractivity (Wildman–Crippen MR) is 165 cm³/mol. The maximum absolute atomic E-state index is 13.3. The summed E-state index contributed by atoms with van der Waals surface area (Å²) in [7, 11) is 0. The molecular weight excluding hydrogens is 497 g/mol. The van der Waals surface area contributed by atoms with Gasteiger partial charge in [-0.1, -0.05) is 91.0 Å². The van der Waals surface area contributed by atoms with Crippen LogP contribution in [0, 0.1) is 6.92 Å². The molecule has 0 saturated carbocycles. The molecule has 4 aromatic rings. The Morgan fingerprint density at radius 3 is 2.15 bits per heavy atom. The van der Waals surface area contributed by atoms with Crippen LogP contribution in [0.3, 0.4) is 0 Å². The van der Waals surface area contributed by atoms with Crippen molar-refractivity contribution in [3.8, 4) is 22.3 Å². The fourth-order valence-electron chi connectivity index (χ4n) is 4.60. The molecule has 0 spiro atoms. The van der Waals surface area contributed by atoms with E-state index in [1.165, 1.54) is 16.7 Å². The van der Waals surface area contributed by atoms with E-state index in [2.05, 4.69) is 47.8 Å². The van der Waals surface area contributed by atoms with Gasteiger partial charge in [-0.15, -0.1) is 0 Å². The van der Waals surface area contributed by atoms with E-state index in [9.17, 15) is 14.7 Å². The van der Waals surface area contributed by atoms with E-state index in [1.54, 1.807) is 11.8 Å². The van der Waals surface area contributed by atoms with Crippen LogP contribution in [0.5, 0.6) is 0 Å². The van der Waals surface area contributed by atoms with Crippen LogP contribution in [-0.4, -0.2) is 53.9 Å². The van der Waals surface area contributed by atoms with Gasteiger partial charge in [0, 0.05) is 5.56 Å². The quantitative estimate of drug-likeness (QED) is 0.220. The third kappa shape index (κ3) is 8.13. The van der Waals surface area contributed by atoms with Crippen molar-refractivity contribution in [1.82, 2.24) is 5.32 Å². The zero-order valence-electron chi connectivity index (χ0n) is 21.8. The molecule has 0 aliphatic heterocycles. The Balaban J connectivity index is 0.00000420. The molecule has 2 N–H and O–H groups in total. The first-order chi connectivity index (χ1) is 18.5. The number of aliphatic carboxylic acids is 1. The van der Waals surface area contributed by atoms with Gasteiger partial charge >= 0.3 is 24.8 Å². The van der Waals surface area contributed by atoms with E-state index in [4.69, 9.17) is 0 Å². The summed E-state index contributed by atoms with van der Waals surface area (Å²) < 4.78 is 0. The molecule has 4 rings (SSSR count). The van der Waals surface area contributed by atoms with Gasteiger partial charge in [0.1, 0.15) is 6.04 Å². The minimum atomic E-state index is -1.01. The van der Waals surface area contributed by atoms with E-state index in [1.807, 2.05) is 67.8 Å². The summed E-state index contributed by atoms with van der Waals surface area (Å²) in [6, 6.07) is 31.9.